The van der Waals surface area contributed by atoms with E-state index in [9.17, 15) is 4.79 Å². The minimum Gasteiger partial charge on any atom is -0.378 e. The van der Waals surface area contributed by atoms with Crippen LogP contribution in [0.4, 0.5) is 16.2 Å². The fourth-order valence-corrected chi connectivity index (χ4v) is 3.66. The molecule has 1 aliphatic heterocycles. The second kappa shape index (κ2) is 7.72. The molecule has 3 heterocycles. The first-order valence-corrected chi connectivity index (χ1v) is 9.29. The van der Waals surface area contributed by atoms with Gasteiger partial charge >= 0.3 is 6.03 Å². The van der Waals surface area contributed by atoms with Crippen molar-refractivity contribution in [3.8, 4) is 0 Å². The van der Waals surface area contributed by atoms with Gasteiger partial charge in [0, 0.05) is 31.5 Å². The summed E-state index contributed by atoms with van der Waals surface area (Å²) in [6.07, 6.45) is 2.00. The average molecular weight is 400 g/mol. The van der Waals surface area contributed by atoms with Crippen molar-refractivity contribution in [2.24, 2.45) is 0 Å². The predicted molar refractivity (Wildman–Crippen MR) is 116 cm³/mol. The Bertz CT molecular complexity index is 1020. The third kappa shape index (κ3) is 3.40. The first-order chi connectivity index (χ1) is 13.0. The number of nitrogens with zero attached hydrogens (tertiary/aromatic N) is 3. The van der Waals surface area contributed by atoms with E-state index in [0.29, 0.717) is 13.1 Å². The number of fused-ring (bicyclic) bond motifs is 1. The highest BCUT2D eigenvalue weighted by molar-refractivity contribution is 5.95. The van der Waals surface area contributed by atoms with Crippen molar-refractivity contribution in [2.45, 2.75) is 34.2 Å². The van der Waals surface area contributed by atoms with Crippen LogP contribution < -0.4 is 15.5 Å². The Kier molecular flexibility index (Phi) is 5.52. The fraction of sp³-hybridized carbons (Fsp3) is 0.333. The molecule has 0 spiro atoms. The number of imidazole rings is 1. The standard InChI is InChI=1S/C21H25N5O.ClH/c1-13-6-5-7-14(2)18(13)11-23-19-10-17(25-9-8-22-21(25)27)12-26-16(4)15(3)24-20(19)26;/h5-7,10,12,23H,8-9,11H2,1-4H3,(H,22,27);1H. The molecule has 7 heteroatoms. The topological polar surface area (TPSA) is 61.7 Å². The number of benzene rings is 1. The monoisotopic (exact) mass is 399 g/mol. The van der Waals surface area contributed by atoms with Gasteiger partial charge in [-0.3, -0.25) is 4.90 Å². The zero-order chi connectivity index (χ0) is 19.1. The van der Waals surface area contributed by atoms with Gasteiger partial charge in [-0.15, -0.1) is 12.4 Å². The van der Waals surface area contributed by atoms with E-state index >= 15 is 0 Å². The average Bonchev–Trinajstić information content (AvgIpc) is 3.18. The van der Waals surface area contributed by atoms with Crippen molar-refractivity contribution in [1.82, 2.24) is 14.7 Å². The van der Waals surface area contributed by atoms with Crippen molar-refractivity contribution in [3.63, 3.8) is 0 Å². The molecule has 0 bridgehead atoms. The van der Waals surface area contributed by atoms with Crippen molar-refractivity contribution in [1.29, 1.82) is 0 Å². The molecule has 3 aromatic rings. The van der Waals surface area contributed by atoms with E-state index in [4.69, 9.17) is 4.98 Å². The number of urea groups is 1. The fourth-order valence-electron chi connectivity index (χ4n) is 3.66. The summed E-state index contributed by atoms with van der Waals surface area (Å²) in [5.74, 6) is 0. The molecule has 2 N–H and O–H groups in total. The first kappa shape index (κ1) is 20.0. The Hall–Kier alpha value is -2.73. The van der Waals surface area contributed by atoms with Crippen molar-refractivity contribution < 1.29 is 4.79 Å². The van der Waals surface area contributed by atoms with Crippen LogP contribution >= 0.6 is 12.4 Å². The number of aryl methyl sites for hydroxylation is 4. The van der Waals surface area contributed by atoms with Gasteiger partial charge in [-0.25, -0.2) is 9.78 Å². The maximum Gasteiger partial charge on any atom is 0.322 e. The summed E-state index contributed by atoms with van der Waals surface area (Å²) in [4.78, 5) is 18.7. The number of carbonyl (C=O) groups excluding carboxylic acids is 1. The molecule has 28 heavy (non-hydrogen) atoms. The van der Waals surface area contributed by atoms with Crippen LogP contribution in [0.5, 0.6) is 0 Å². The summed E-state index contributed by atoms with van der Waals surface area (Å²) < 4.78 is 2.07. The predicted octanol–water partition coefficient (Wildman–Crippen LogP) is 4.13. The van der Waals surface area contributed by atoms with E-state index in [2.05, 4.69) is 54.0 Å². The van der Waals surface area contributed by atoms with Gasteiger partial charge in [-0.1, -0.05) is 18.2 Å². The maximum atomic E-state index is 12.2. The molecule has 0 aliphatic carbocycles. The highest BCUT2D eigenvalue weighted by Gasteiger charge is 2.23. The van der Waals surface area contributed by atoms with Crippen LogP contribution in [0.3, 0.4) is 0 Å². The molecular weight excluding hydrogens is 374 g/mol. The molecule has 1 saturated heterocycles. The van der Waals surface area contributed by atoms with Crippen LogP contribution in [-0.4, -0.2) is 28.5 Å². The summed E-state index contributed by atoms with van der Waals surface area (Å²) in [7, 11) is 0. The van der Waals surface area contributed by atoms with Gasteiger partial charge in [-0.2, -0.15) is 0 Å². The van der Waals surface area contributed by atoms with Crippen molar-refractivity contribution in [2.75, 3.05) is 23.3 Å². The zero-order valence-electron chi connectivity index (χ0n) is 16.7. The number of hydrogen-bond donors (Lipinski definition) is 2. The lowest BCUT2D eigenvalue weighted by atomic mass is 10.0. The first-order valence-electron chi connectivity index (χ1n) is 9.29. The maximum absolute atomic E-state index is 12.2. The van der Waals surface area contributed by atoms with Crippen molar-refractivity contribution in [3.05, 3.63) is 58.5 Å². The molecule has 2 aromatic heterocycles. The zero-order valence-corrected chi connectivity index (χ0v) is 17.5. The normalized spacial score (nSPS) is 13.6. The van der Waals surface area contributed by atoms with Gasteiger partial charge in [0.05, 0.1) is 17.1 Å². The molecule has 1 aromatic carbocycles. The quantitative estimate of drug-likeness (QED) is 0.693. The number of nitrogens with one attached hydrogen (secondary N) is 2. The van der Waals surface area contributed by atoms with E-state index in [1.54, 1.807) is 4.90 Å². The smallest absolute Gasteiger partial charge is 0.322 e. The molecule has 1 aliphatic rings. The van der Waals surface area contributed by atoms with Gasteiger partial charge in [0.25, 0.3) is 0 Å². The lowest BCUT2D eigenvalue weighted by molar-refractivity contribution is 0.252. The molecule has 6 nitrogen and oxygen atoms in total. The Morgan fingerprint density at radius 3 is 2.54 bits per heavy atom. The summed E-state index contributed by atoms with van der Waals surface area (Å²) in [5, 5.41) is 6.43. The van der Waals surface area contributed by atoms with Crippen molar-refractivity contribution >= 4 is 35.5 Å². The number of amides is 2. The van der Waals surface area contributed by atoms with Gasteiger partial charge in [0.15, 0.2) is 5.65 Å². The number of hydrogen-bond acceptors (Lipinski definition) is 3. The minimum atomic E-state index is -0.0514. The van der Waals surface area contributed by atoms with Gasteiger partial charge in [0.1, 0.15) is 0 Å². The van der Waals surface area contributed by atoms with Gasteiger partial charge in [-0.05, 0) is 50.5 Å². The molecular formula is C21H26ClN5O. The van der Waals surface area contributed by atoms with Crippen LogP contribution in [0.15, 0.2) is 30.5 Å². The Morgan fingerprint density at radius 2 is 1.89 bits per heavy atom. The lowest BCUT2D eigenvalue weighted by Gasteiger charge is -2.18. The molecule has 2 amide bonds. The van der Waals surface area contributed by atoms with E-state index in [-0.39, 0.29) is 18.4 Å². The van der Waals surface area contributed by atoms with Crippen LogP contribution in [0.2, 0.25) is 0 Å². The van der Waals surface area contributed by atoms with Crippen LogP contribution in [0.25, 0.3) is 5.65 Å². The minimum absolute atomic E-state index is 0. The molecule has 0 unspecified atom stereocenters. The second-order valence-electron chi connectivity index (χ2n) is 7.20. The summed E-state index contributed by atoms with van der Waals surface area (Å²) in [6.45, 7) is 10.4. The molecule has 0 atom stereocenters. The Morgan fingerprint density at radius 1 is 1.18 bits per heavy atom. The molecule has 0 radical (unpaired) electrons. The SMILES string of the molecule is Cc1cccc(C)c1CNc1cc(N2CCNC2=O)cn2c(C)c(C)nc12.Cl. The summed E-state index contributed by atoms with van der Waals surface area (Å²) in [6, 6.07) is 8.33. The third-order valence-corrected chi connectivity index (χ3v) is 5.45. The van der Waals surface area contributed by atoms with E-state index < -0.39 is 0 Å². The van der Waals surface area contributed by atoms with Crippen LogP contribution in [-0.2, 0) is 6.54 Å². The molecule has 1 fully saturated rings. The second-order valence-corrected chi connectivity index (χ2v) is 7.20. The molecule has 4 rings (SSSR count). The van der Waals surface area contributed by atoms with E-state index in [1.807, 2.05) is 19.2 Å². The van der Waals surface area contributed by atoms with E-state index in [1.165, 1.54) is 16.7 Å². The third-order valence-electron chi connectivity index (χ3n) is 5.45. The highest BCUT2D eigenvalue weighted by atomic mass is 35.5. The number of rotatable bonds is 4. The number of halogens is 1. The molecule has 148 valence electrons. The number of carbonyl (C=O) groups is 1. The number of aromatic nitrogens is 2. The largest absolute Gasteiger partial charge is 0.378 e. The Labute approximate surface area is 171 Å². The van der Waals surface area contributed by atoms with Gasteiger partial charge < -0.3 is 15.0 Å². The molecule has 0 saturated carbocycles. The summed E-state index contributed by atoms with van der Waals surface area (Å²) in [5.41, 5.74) is 8.61. The van der Waals surface area contributed by atoms with Gasteiger partial charge in [0.2, 0.25) is 0 Å². The van der Waals surface area contributed by atoms with E-state index in [0.717, 1.165) is 35.0 Å². The van der Waals surface area contributed by atoms with Crippen LogP contribution in [0, 0.1) is 27.7 Å². The Balaban J connectivity index is 0.00000225. The lowest BCUT2D eigenvalue weighted by Crippen LogP contribution is -2.28. The number of anilines is 2. The van der Waals surface area contributed by atoms with Crippen LogP contribution in [0.1, 0.15) is 28.1 Å². The number of pyridine rings is 1. The highest BCUT2D eigenvalue weighted by Crippen LogP contribution is 2.28. The summed E-state index contributed by atoms with van der Waals surface area (Å²) >= 11 is 0.